The molecule has 6 atom stereocenters. The van der Waals surface area contributed by atoms with Crippen molar-refractivity contribution in [3.8, 4) is 0 Å². The number of hydrazine groups is 1. The molecule has 23 heavy (non-hydrogen) atoms. The third-order valence-electron chi connectivity index (χ3n) is 5.80. The molecule has 1 aromatic heterocycles. The first-order valence-electron chi connectivity index (χ1n) is 7.94. The first kappa shape index (κ1) is 13.0. The van der Waals surface area contributed by atoms with Gasteiger partial charge in [0.15, 0.2) is 0 Å². The Morgan fingerprint density at radius 2 is 1.78 bits per heavy atom. The van der Waals surface area contributed by atoms with Crippen LogP contribution in [0, 0.1) is 35.5 Å². The Morgan fingerprint density at radius 3 is 2.35 bits per heavy atom. The number of hydrogen-bond acceptors (Lipinski definition) is 4. The fraction of sp³-hybridized carbons (Fsp3) is 0.412. The van der Waals surface area contributed by atoms with Gasteiger partial charge in [0.1, 0.15) is 0 Å². The van der Waals surface area contributed by atoms with E-state index in [0.29, 0.717) is 17.4 Å². The zero-order chi connectivity index (χ0) is 15.7. The van der Waals surface area contributed by atoms with Crippen molar-refractivity contribution >= 4 is 17.7 Å². The second-order valence-electron chi connectivity index (χ2n) is 6.85. The second-order valence-corrected chi connectivity index (χ2v) is 6.85. The van der Waals surface area contributed by atoms with Crippen molar-refractivity contribution < 1.29 is 14.4 Å². The number of imide groups is 1. The van der Waals surface area contributed by atoms with Crippen LogP contribution in [0.1, 0.15) is 16.8 Å². The van der Waals surface area contributed by atoms with Crippen molar-refractivity contribution in [3.05, 3.63) is 42.2 Å². The Balaban J connectivity index is 1.42. The van der Waals surface area contributed by atoms with Crippen LogP contribution in [-0.4, -0.2) is 27.7 Å². The summed E-state index contributed by atoms with van der Waals surface area (Å²) < 4.78 is 0. The first-order valence-corrected chi connectivity index (χ1v) is 7.94. The zero-order valence-electron chi connectivity index (χ0n) is 12.3. The van der Waals surface area contributed by atoms with E-state index in [2.05, 4.69) is 22.6 Å². The van der Waals surface area contributed by atoms with Gasteiger partial charge in [0.2, 0.25) is 0 Å². The van der Waals surface area contributed by atoms with Crippen molar-refractivity contribution in [2.24, 2.45) is 35.5 Å². The Kier molecular flexibility index (Phi) is 2.42. The molecule has 6 heteroatoms. The minimum atomic E-state index is -0.482. The highest BCUT2D eigenvalue weighted by Crippen LogP contribution is 2.65. The maximum absolute atomic E-state index is 12.7. The zero-order valence-corrected chi connectivity index (χ0v) is 12.3. The third-order valence-corrected chi connectivity index (χ3v) is 5.80. The monoisotopic (exact) mass is 309 g/mol. The number of rotatable bonds is 2. The summed E-state index contributed by atoms with van der Waals surface area (Å²) >= 11 is 0. The summed E-state index contributed by atoms with van der Waals surface area (Å²) in [6.45, 7) is 0. The molecule has 2 heterocycles. The van der Waals surface area contributed by atoms with Gasteiger partial charge >= 0.3 is 0 Å². The number of aromatic nitrogens is 1. The minimum absolute atomic E-state index is 0.159. The van der Waals surface area contributed by atoms with E-state index in [-0.39, 0.29) is 35.5 Å². The average Bonchev–Trinajstić information content (AvgIpc) is 3.37. The van der Waals surface area contributed by atoms with Crippen molar-refractivity contribution in [1.82, 2.24) is 15.4 Å². The number of nitrogens with zero attached hydrogens (tertiary/aromatic N) is 2. The van der Waals surface area contributed by atoms with Gasteiger partial charge in [-0.25, -0.2) is 0 Å². The van der Waals surface area contributed by atoms with E-state index in [1.807, 2.05) is 0 Å². The molecule has 1 saturated heterocycles. The van der Waals surface area contributed by atoms with Crippen molar-refractivity contribution in [2.45, 2.75) is 6.42 Å². The van der Waals surface area contributed by atoms with E-state index in [0.717, 1.165) is 11.4 Å². The second kappa shape index (κ2) is 4.28. The predicted molar refractivity (Wildman–Crippen MR) is 78.3 cm³/mol. The Labute approximate surface area is 132 Å². The molecule has 2 saturated carbocycles. The molecule has 0 unspecified atom stereocenters. The number of carbonyl (C=O) groups is 3. The van der Waals surface area contributed by atoms with Gasteiger partial charge in [-0.2, -0.15) is 5.01 Å². The summed E-state index contributed by atoms with van der Waals surface area (Å²) in [7, 11) is 0. The molecule has 4 aliphatic carbocycles. The molecule has 3 amide bonds. The summed E-state index contributed by atoms with van der Waals surface area (Å²) in [5, 5.41) is 0.947. The lowest BCUT2D eigenvalue weighted by atomic mass is 9.63. The highest BCUT2D eigenvalue weighted by molar-refractivity contribution is 6.08. The normalized spacial score (nSPS) is 39.2. The molecule has 1 N–H and O–H groups in total. The van der Waals surface area contributed by atoms with Gasteiger partial charge in [0.05, 0.1) is 17.4 Å². The molecular formula is C17H15N3O3. The largest absolute Gasteiger partial charge is 0.272 e. The van der Waals surface area contributed by atoms with Crippen LogP contribution in [0.4, 0.5) is 0 Å². The lowest BCUT2D eigenvalue weighted by Gasteiger charge is -2.37. The molecule has 1 aliphatic heterocycles. The fourth-order valence-electron chi connectivity index (χ4n) is 4.73. The topological polar surface area (TPSA) is 79.4 Å². The van der Waals surface area contributed by atoms with Crippen LogP contribution in [0.5, 0.6) is 0 Å². The van der Waals surface area contributed by atoms with Gasteiger partial charge in [-0.15, -0.1) is 0 Å². The van der Waals surface area contributed by atoms with Crippen LogP contribution in [-0.2, 0) is 9.59 Å². The summed E-state index contributed by atoms with van der Waals surface area (Å²) in [6, 6.07) is 3.24. The van der Waals surface area contributed by atoms with Crippen LogP contribution in [0.3, 0.4) is 0 Å². The number of nitrogens with one attached hydrogen (secondary N) is 1. The van der Waals surface area contributed by atoms with E-state index >= 15 is 0 Å². The lowest BCUT2D eigenvalue weighted by Crippen LogP contribution is -2.46. The summed E-state index contributed by atoms with van der Waals surface area (Å²) in [5.41, 5.74) is 2.80. The number of carbonyl (C=O) groups excluding carboxylic acids is 3. The first-order chi connectivity index (χ1) is 11.2. The van der Waals surface area contributed by atoms with E-state index in [9.17, 15) is 14.4 Å². The fourth-order valence-corrected chi connectivity index (χ4v) is 4.73. The molecule has 6 rings (SSSR count). The number of allylic oxidation sites excluding steroid dienone is 2. The maximum atomic E-state index is 12.7. The van der Waals surface area contributed by atoms with Crippen LogP contribution < -0.4 is 5.43 Å². The molecule has 3 fully saturated rings. The van der Waals surface area contributed by atoms with Gasteiger partial charge in [0.25, 0.3) is 17.7 Å². The van der Waals surface area contributed by atoms with Gasteiger partial charge in [-0.05, 0) is 42.2 Å². The molecule has 0 spiro atoms. The third kappa shape index (κ3) is 1.63. The molecular weight excluding hydrogens is 294 g/mol. The van der Waals surface area contributed by atoms with E-state index < -0.39 is 5.91 Å². The van der Waals surface area contributed by atoms with Crippen LogP contribution in [0.25, 0.3) is 0 Å². The molecule has 0 radical (unpaired) electrons. The smallest absolute Gasteiger partial charge is 0.271 e. The van der Waals surface area contributed by atoms with E-state index in [4.69, 9.17) is 0 Å². The van der Waals surface area contributed by atoms with Crippen molar-refractivity contribution in [3.63, 3.8) is 0 Å². The van der Waals surface area contributed by atoms with Crippen molar-refractivity contribution in [1.29, 1.82) is 0 Å². The molecule has 116 valence electrons. The van der Waals surface area contributed by atoms with Gasteiger partial charge in [0, 0.05) is 12.4 Å². The standard InChI is InChI=1S/C17H15N3O3/c21-15(8-2-1-5-18-7-8)19-20-16(22)13-9-3-4-10(12-6-11(9)12)14(13)17(20)23/h1-5,7,9-14H,6H2,(H,19,21)/t9-,10+,11-,12-,13+,14-/m1/s1. The van der Waals surface area contributed by atoms with Crippen LogP contribution >= 0.6 is 0 Å². The SMILES string of the molecule is O=C(NN1C(=O)[C@@H]2[C@H]3C=C[C@H]([C@H]4C[C@H]34)[C@@H]2C1=O)c1cccnc1. The van der Waals surface area contributed by atoms with Gasteiger partial charge < -0.3 is 0 Å². The molecule has 5 aliphatic rings. The van der Waals surface area contributed by atoms with Gasteiger partial charge in [-0.3, -0.25) is 24.8 Å². The van der Waals surface area contributed by atoms with E-state index in [1.54, 1.807) is 18.3 Å². The maximum Gasteiger partial charge on any atom is 0.271 e. The molecule has 2 bridgehead atoms. The van der Waals surface area contributed by atoms with Gasteiger partial charge in [-0.1, -0.05) is 12.2 Å². The number of amides is 3. The quantitative estimate of drug-likeness (QED) is 0.647. The molecule has 1 aromatic rings. The summed E-state index contributed by atoms with van der Waals surface area (Å²) in [6.07, 6.45) is 8.31. The Morgan fingerprint density at radius 1 is 1.13 bits per heavy atom. The predicted octanol–water partition coefficient (Wildman–Crippen LogP) is 0.779. The highest BCUT2D eigenvalue weighted by Gasteiger charge is 2.67. The molecule has 6 nitrogen and oxygen atoms in total. The average molecular weight is 309 g/mol. The number of hydrogen-bond donors (Lipinski definition) is 1. The minimum Gasteiger partial charge on any atom is -0.272 e. The molecule has 0 aromatic carbocycles. The Hall–Kier alpha value is -2.50. The van der Waals surface area contributed by atoms with Crippen LogP contribution in [0.2, 0.25) is 0 Å². The van der Waals surface area contributed by atoms with Crippen molar-refractivity contribution in [2.75, 3.05) is 0 Å². The number of pyridine rings is 1. The Bertz CT molecular complexity index is 724. The highest BCUT2D eigenvalue weighted by atomic mass is 16.2. The summed E-state index contributed by atoms with van der Waals surface area (Å²) in [5.74, 6) is -0.175. The van der Waals surface area contributed by atoms with Crippen LogP contribution in [0.15, 0.2) is 36.7 Å². The van der Waals surface area contributed by atoms with E-state index in [1.165, 1.54) is 6.20 Å². The summed E-state index contributed by atoms with van der Waals surface area (Å²) in [4.78, 5) is 41.5. The lowest BCUT2D eigenvalue weighted by molar-refractivity contribution is -0.143.